The Hall–Kier alpha value is -2.70. The molecule has 1 amide bonds. The molecule has 0 aliphatic heterocycles. The maximum Gasteiger partial charge on any atom is 0.292 e. The third kappa shape index (κ3) is 4.24. The third-order valence-corrected chi connectivity index (χ3v) is 4.82. The van der Waals surface area contributed by atoms with Gasteiger partial charge in [-0.25, -0.2) is 10.1 Å². The molecule has 0 fully saturated rings. The highest BCUT2D eigenvalue weighted by Gasteiger charge is 2.16. The van der Waals surface area contributed by atoms with Crippen LogP contribution in [-0.4, -0.2) is 21.9 Å². The van der Waals surface area contributed by atoms with E-state index in [4.69, 9.17) is 23.2 Å². The van der Waals surface area contributed by atoms with Gasteiger partial charge in [0.1, 0.15) is 0 Å². The van der Waals surface area contributed by atoms with E-state index in [0.717, 1.165) is 12.8 Å². The predicted octanol–water partition coefficient (Wildman–Crippen LogP) is 4.27. The minimum Gasteiger partial charge on any atom is -0.267 e. The highest BCUT2D eigenvalue weighted by Crippen LogP contribution is 2.22. The zero-order valence-electron chi connectivity index (χ0n) is 15.2. The molecule has 0 saturated heterocycles. The van der Waals surface area contributed by atoms with Crippen LogP contribution in [0, 0.1) is 0 Å². The van der Waals surface area contributed by atoms with Gasteiger partial charge in [0.15, 0.2) is 5.69 Å². The van der Waals surface area contributed by atoms with Crippen molar-refractivity contribution in [1.29, 1.82) is 0 Å². The number of hydrogen-bond acceptors (Lipinski definition) is 4. The average molecular weight is 417 g/mol. The average Bonchev–Trinajstić information content (AvgIpc) is 2.69. The van der Waals surface area contributed by atoms with Crippen LogP contribution in [0.4, 0.5) is 0 Å². The molecule has 8 heteroatoms. The zero-order valence-corrected chi connectivity index (χ0v) is 16.7. The lowest BCUT2D eigenvalue weighted by Gasteiger charge is -2.09. The van der Waals surface area contributed by atoms with Crippen molar-refractivity contribution in [2.75, 3.05) is 0 Å². The van der Waals surface area contributed by atoms with Crippen LogP contribution in [0.1, 0.15) is 35.8 Å². The Morgan fingerprint density at radius 1 is 1.14 bits per heavy atom. The van der Waals surface area contributed by atoms with Gasteiger partial charge < -0.3 is 0 Å². The summed E-state index contributed by atoms with van der Waals surface area (Å²) < 4.78 is 1.33. The Morgan fingerprint density at radius 2 is 1.82 bits per heavy atom. The lowest BCUT2D eigenvalue weighted by molar-refractivity contribution is 0.0949. The largest absolute Gasteiger partial charge is 0.292 e. The molecular weight excluding hydrogens is 399 g/mol. The molecule has 28 heavy (non-hydrogen) atoms. The number of amides is 1. The van der Waals surface area contributed by atoms with E-state index in [9.17, 15) is 9.59 Å². The number of halogens is 2. The topological polar surface area (TPSA) is 76.3 Å². The van der Waals surface area contributed by atoms with Gasteiger partial charge in [0.2, 0.25) is 0 Å². The molecule has 2 aromatic carbocycles. The van der Waals surface area contributed by atoms with Crippen LogP contribution in [0.25, 0.3) is 10.8 Å². The number of rotatable bonds is 6. The van der Waals surface area contributed by atoms with Crippen LogP contribution in [-0.2, 0) is 6.54 Å². The first-order valence-corrected chi connectivity index (χ1v) is 9.55. The highest BCUT2D eigenvalue weighted by molar-refractivity contribution is 6.38. The van der Waals surface area contributed by atoms with Crippen LogP contribution in [0.2, 0.25) is 10.0 Å². The van der Waals surface area contributed by atoms with Gasteiger partial charge in [-0.1, -0.05) is 60.8 Å². The summed E-state index contributed by atoms with van der Waals surface area (Å²) in [7, 11) is 0. The number of nitrogens with zero attached hydrogens (tertiary/aromatic N) is 3. The van der Waals surface area contributed by atoms with E-state index in [0.29, 0.717) is 32.9 Å². The SMILES string of the molecule is CCCCn1nc(C(=O)N/N=C\c2c(Cl)cccc2Cl)c2ccccc2c1=O. The maximum absolute atomic E-state index is 12.7. The first kappa shape index (κ1) is 20.0. The predicted molar refractivity (Wildman–Crippen MR) is 112 cm³/mol. The summed E-state index contributed by atoms with van der Waals surface area (Å²) in [5, 5.41) is 9.96. The smallest absolute Gasteiger partial charge is 0.267 e. The van der Waals surface area contributed by atoms with Gasteiger partial charge in [-0.05, 0) is 24.6 Å². The van der Waals surface area contributed by atoms with Gasteiger partial charge >= 0.3 is 0 Å². The second kappa shape index (κ2) is 8.99. The molecule has 0 aliphatic carbocycles. The number of hydrogen-bond donors (Lipinski definition) is 1. The van der Waals surface area contributed by atoms with E-state index < -0.39 is 5.91 Å². The normalized spacial score (nSPS) is 11.2. The Balaban J connectivity index is 1.94. The van der Waals surface area contributed by atoms with E-state index in [2.05, 4.69) is 15.6 Å². The fraction of sp³-hybridized carbons (Fsp3) is 0.200. The number of aryl methyl sites for hydroxylation is 1. The Morgan fingerprint density at radius 3 is 2.50 bits per heavy atom. The van der Waals surface area contributed by atoms with Crippen molar-refractivity contribution >= 4 is 46.1 Å². The van der Waals surface area contributed by atoms with Crippen molar-refractivity contribution in [2.45, 2.75) is 26.3 Å². The molecule has 0 saturated carbocycles. The lowest BCUT2D eigenvalue weighted by Crippen LogP contribution is -2.29. The Labute approximate surface area is 171 Å². The molecule has 0 atom stereocenters. The molecule has 3 rings (SSSR count). The fourth-order valence-electron chi connectivity index (χ4n) is 2.70. The number of unbranched alkanes of at least 4 members (excludes halogenated alkanes) is 1. The summed E-state index contributed by atoms with van der Waals surface area (Å²) in [6.07, 6.45) is 3.07. The second-order valence-corrected chi connectivity index (χ2v) is 6.92. The molecular formula is C20H18Cl2N4O2. The molecule has 1 heterocycles. The molecule has 3 aromatic rings. The highest BCUT2D eigenvalue weighted by atomic mass is 35.5. The van der Waals surface area contributed by atoms with Crippen molar-refractivity contribution in [2.24, 2.45) is 5.10 Å². The van der Waals surface area contributed by atoms with Gasteiger partial charge in [0.05, 0.1) is 21.6 Å². The minimum absolute atomic E-state index is 0.133. The minimum atomic E-state index is -0.527. The van der Waals surface area contributed by atoms with Crippen molar-refractivity contribution in [1.82, 2.24) is 15.2 Å². The van der Waals surface area contributed by atoms with Gasteiger partial charge in [-0.15, -0.1) is 0 Å². The fourth-order valence-corrected chi connectivity index (χ4v) is 3.20. The van der Waals surface area contributed by atoms with Gasteiger partial charge in [0, 0.05) is 17.5 Å². The summed E-state index contributed by atoms with van der Waals surface area (Å²) in [6.45, 7) is 2.47. The summed E-state index contributed by atoms with van der Waals surface area (Å²) in [4.78, 5) is 25.3. The number of benzene rings is 2. The van der Waals surface area contributed by atoms with Crippen LogP contribution in [0.3, 0.4) is 0 Å². The van der Waals surface area contributed by atoms with Crippen molar-refractivity contribution in [3.63, 3.8) is 0 Å². The van der Waals surface area contributed by atoms with E-state index in [1.165, 1.54) is 10.9 Å². The summed E-state index contributed by atoms with van der Waals surface area (Å²) in [5.74, 6) is -0.527. The van der Waals surface area contributed by atoms with Gasteiger partial charge in [-0.3, -0.25) is 9.59 Å². The van der Waals surface area contributed by atoms with Crippen molar-refractivity contribution in [3.05, 3.63) is 74.1 Å². The Bertz CT molecular complexity index is 1090. The van der Waals surface area contributed by atoms with Crippen molar-refractivity contribution < 1.29 is 4.79 Å². The maximum atomic E-state index is 12.7. The molecule has 0 unspecified atom stereocenters. The molecule has 0 bridgehead atoms. The number of aromatic nitrogens is 2. The molecule has 1 aromatic heterocycles. The summed E-state index contributed by atoms with van der Waals surface area (Å²) in [6, 6.07) is 12.0. The molecule has 0 spiro atoms. The van der Waals surface area contributed by atoms with Gasteiger partial charge in [0.25, 0.3) is 11.5 Å². The number of nitrogens with one attached hydrogen (secondary N) is 1. The van der Waals surface area contributed by atoms with Crippen LogP contribution >= 0.6 is 23.2 Å². The first-order chi connectivity index (χ1) is 13.5. The third-order valence-electron chi connectivity index (χ3n) is 4.17. The number of hydrazone groups is 1. The zero-order chi connectivity index (χ0) is 20.1. The molecule has 6 nitrogen and oxygen atoms in total. The van der Waals surface area contributed by atoms with E-state index in [1.807, 2.05) is 6.92 Å². The van der Waals surface area contributed by atoms with E-state index in [-0.39, 0.29) is 11.3 Å². The molecule has 0 radical (unpaired) electrons. The van der Waals surface area contributed by atoms with Crippen LogP contribution in [0.5, 0.6) is 0 Å². The summed E-state index contributed by atoms with van der Waals surface area (Å²) in [5.41, 5.74) is 2.85. The molecule has 0 aliphatic rings. The van der Waals surface area contributed by atoms with Gasteiger partial charge in [-0.2, -0.15) is 10.2 Å². The lowest BCUT2D eigenvalue weighted by atomic mass is 10.1. The molecule has 1 N–H and O–H groups in total. The van der Waals surface area contributed by atoms with Crippen LogP contribution < -0.4 is 11.0 Å². The standard InChI is InChI=1S/C20H18Cl2N4O2/c1-2-3-11-26-20(28)14-8-5-4-7-13(14)18(25-26)19(27)24-23-12-15-16(21)9-6-10-17(15)22/h4-10,12H,2-3,11H2,1H3,(H,24,27)/b23-12-. The number of carbonyl (C=O) groups excluding carboxylic acids is 1. The second-order valence-electron chi connectivity index (χ2n) is 6.11. The van der Waals surface area contributed by atoms with Crippen molar-refractivity contribution in [3.8, 4) is 0 Å². The first-order valence-electron chi connectivity index (χ1n) is 8.80. The summed E-state index contributed by atoms with van der Waals surface area (Å²) >= 11 is 12.2. The van der Waals surface area contributed by atoms with Crippen LogP contribution in [0.15, 0.2) is 52.4 Å². The Kier molecular flexibility index (Phi) is 6.44. The monoisotopic (exact) mass is 416 g/mol. The number of carbonyl (C=O) groups is 1. The van der Waals surface area contributed by atoms with E-state index in [1.54, 1.807) is 42.5 Å². The number of fused-ring (bicyclic) bond motifs is 1. The van der Waals surface area contributed by atoms with E-state index >= 15 is 0 Å². The molecule has 144 valence electrons. The quantitative estimate of drug-likeness (QED) is 0.481.